The van der Waals surface area contributed by atoms with E-state index in [1.54, 1.807) is 18.5 Å². The van der Waals surface area contributed by atoms with E-state index in [0.717, 1.165) is 23.2 Å². The molecule has 0 unspecified atom stereocenters. The molecule has 3 rings (SSSR count). The number of ether oxygens (including phenoxy) is 1. The zero-order chi connectivity index (χ0) is 19.4. The summed E-state index contributed by atoms with van der Waals surface area (Å²) in [4.78, 5) is 9.19. The Labute approximate surface area is 153 Å². The highest BCUT2D eigenvalue weighted by molar-refractivity contribution is 5.78. The van der Waals surface area contributed by atoms with Crippen LogP contribution in [0.5, 0.6) is 5.75 Å². The second kappa shape index (κ2) is 7.58. The van der Waals surface area contributed by atoms with Gasteiger partial charge in [-0.1, -0.05) is 6.07 Å². The summed E-state index contributed by atoms with van der Waals surface area (Å²) in [6.45, 7) is 0.299. The van der Waals surface area contributed by atoms with E-state index >= 15 is 0 Å². The number of rotatable bonds is 6. The minimum atomic E-state index is -4.44. The number of halogens is 3. The first kappa shape index (κ1) is 18.6. The lowest BCUT2D eigenvalue weighted by molar-refractivity contribution is -0.137. The van der Waals surface area contributed by atoms with Crippen LogP contribution < -0.4 is 16.0 Å². The average molecular weight is 378 g/mol. The van der Waals surface area contributed by atoms with Gasteiger partial charge in [-0.3, -0.25) is 10.3 Å². The third-order valence-corrected chi connectivity index (χ3v) is 3.72. The van der Waals surface area contributed by atoms with Crippen LogP contribution in [0.2, 0.25) is 0 Å². The van der Waals surface area contributed by atoms with E-state index in [9.17, 15) is 13.2 Å². The molecule has 2 aromatic carbocycles. The van der Waals surface area contributed by atoms with Crippen LogP contribution in [-0.2, 0) is 17.6 Å². The van der Waals surface area contributed by atoms with E-state index in [1.165, 1.54) is 25.5 Å². The van der Waals surface area contributed by atoms with Gasteiger partial charge in [0.2, 0.25) is 0 Å². The van der Waals surface area contributed by atoms with Crippen molar-refractivity contribution in [3.63, 3.8) is 0 Å². The van der Waals surface area contributed by atoms with Crippen molar-refractivity contribution in [2.45, 2.75) is 12.7 Å². The minimum Gasteiger partial charge on any atom is -0.463 e. The SMILES string of the molecule is CONC(=COc1cccc(C(F)(F)F)c1)Cn1cnc2cc(N)ccc21. The van der Waals surface area contributed by atoms with Crippen molar-refractivity contribution in [2.75, 3.05) is 12.8 Å². The van der Waals surface area contributed by atoms with Gasteiger partial charge in [-0.25, -0.2) is 4.98 Å². The lowest BCUT2D eigenvalue weighted by Crippen LogP contribution is -2.17. The molecule has 0 saturated carbocycles. The lowest BCUT2D eigenvalue weighted by Gasteiger charge is -2.12. The molecular weight excluding hydrogens is 361 g/mol. The highest BCUT2D eigenvalue weighted by Crippen LogP contribution is 2.31. The summed E-state index contributed by atoms with van der Waals surface area (Å²) >= 11 is 0. The predicted octanol–water partition coefficient (Wildman–Crippen LogP) is 3.71. The Morgan fingerprint density at radius 3 is 2.81 bits per heavy atom. The second-order valence-corrected chi connectivity index (χ2v) is 5.71. The van der Waals surface area contributed by atoms with E-state index in [1.807, 2.05) is 10.6 Å². The number of nitrogen functional groups attached to an aromatic ring is 1. The number of anilines is 1. The van der Waals surface area contributed by atoms with Gasteiger partial charge in [0.05, 0.1) is 42.3 Å². The van der Waals surface area contributed by atoms with E-state index in [2.05, 4.69) is 10.5 Å². The summed E-state index contributed by atoms with van der Waals surface area (Å²) < 4.78 is 45.6. The fraction of sp³-hybridized carbons (Fsp3) is 0.167. The zero-order valence-electron chi connectivity index (χ0n) is 14.3. The maximum Gasteiger partial charge on any atom is 0.416 e. The zero-order valence-corrected chi connectivity index (χ0v) is 14.3. The fourth-order valence-corrected chi connectivity index (χ4v) is 2.50. The largest absolute Gasteiger partial charge is 0.463 e. The number of allylic oxidation sites excluding steroid dienone is 1. The third-order valence-electron chi connectivity index (χ3n) is 3.72. The van der Waals surface area contributed by atoms with Gasteiger partial charge in [0.25, 0.3) is 0 Å². The molecule has 3 aromatic rings. The number of benzene rings is 2. The van der Waals surface area contributed by atoms with Crippen LogP contribution in [-0.4, -0.2) is 16.7 Å². The summed E-state index contributed by atoms with van der Waals surface area (Å²) in [5.74, 6) is 0.0588. The molecule has 0 aliphatic carbocycles. The Bertz CT molecular complexity index is 967. The van der Waals surface area contributed by atoms with Crippen LogP contribution in [0.15, 0.2) is 60.8 Å². The molecule has 0 radical (unpaired) electrons. The van der Waals surface area contributed by atoms with Gasteiger partial charge < -0.3 is 15.0 Å². The standard InChI is InChI=1S/C18H17F3N4O2/c1-26-24-14(9-25-11-23-16-8-13(22)5-6-17(16)25)10-27-15-4-2-3-12(7-15)18(19,20)21/h2-8,10-11,24H,9,22H2,1H3. The van der Waals surface area contributed by atoms with Crippen LogP contribution in [0.4, 0.5) is 18.9 Å². The van der Waals surface area contributed by atoms with Gasteiger partial charge in [0.1, 0.15) is 12.0 Å². The van der Waals surface area contributed by atoms with Gasteiger partial charge in [0, 0.05) is 5.69 Å². The highest BCUT2D eigenvalue weighted by atomic mass is 19.4. The first-order valence-corrected chi connectivity index (χ1v) is 7.89. The molecule has 142 valence electrons. The van der Waals surface area contributed by atoms with Gasteiger partial charge >= 0.3 is 6.18 Å². The Balaban J connectivity index is 1.80. The number of nitrogens with two attached hydrogens (primary N) is 1. The third kappa shape index (κ3) is 4.50. The Hall–Kier alpha value is -3.20. The van der Waals surface area contributed by atoms with Crippen LogP contribution in [0.25, 0.3) is 11.0 Å². The molecule has 6 nitrogen and oxygen atoms in total. The molecular formula is C18H17F3N4O2. The molecule has 9 heteroatoms. The fourth-order valence-electron chi connectivity index (χ4n) is 2.50. The Kier molecular flexibility index (Phi) is 5.22. The number of hydroxylamine groups is 1. The maximum absolute atomic E-state index is 12.8. The van der Waals surface area contributed by atoms with Crippen molar-refractivity contribution in [1.82, 2.24) is 15.0 Å². The van der Waals surface area contributed by atoms with Crippen molar-refractivity contribution in [3.8, 4) is 5.75 Å². The first-order valence-electron chi connectivity index (χ1n) is 7.89. The number of hydrogen-bond donors (Lipinski definition) is 2. The van der Waals surface area contributed by atoms with Gasteiger partial charge in [0.15, 0.2) is 0 Å². The number of fused-ring (bicyclic) bond motifs is 1. The van der Waals surface area contributed by atoms with E-state index in [4.69, 9.17) is 15.3 Å². The number of alkyl halides is 3. The van der Waals surface area contributed by atoms with Crippen molar-refractivity contribution in [1.29, 1.82) is 0 Å². The molecule has 1 heterocycles. The number of hydrogen-bond acceptors (Lipinski definition) is 5. The quantitative estimate of drug-likeness (QED) is 0.389. The molecule has 0 saturated heterocycles. The van der Waals surface area contributed by atoms with Crippen LogP contribution >= 0.6 is 0 Å². The van der Waals surface area contributed by atoms with E-state index < -0.39 is 11.7 Å². The van der Waals surface area contributed by atoms with Crippen LogP contribution in [0.3, 0.4) is 0 Å². The van der Waals surface area contributed by atoms with Crippen molar-refractivity contribution in [2.24, 2.45) is 0 Å². The summed E-state index contributed by atoms with van der Waals surface area (Å²) in [6, 6.07) is 9.96. The molecule has 3 N–H and O–H groups in total. The number of imidazole rings is 1. The lowest BCUT2D eigenvalue weighted by atomic mass is 10.2. The van der Waals surface area contributed by atoms with Crippen LogP contribution in [0.1, 0.15) is 5.56 Å². The summed E-state index contributed by atoms with van der Waals surface area (Å²) in [5.41, 5.74) is 10.3. The minimum absolute atomic E-state index is 0.0588. The molecule has 0 aliphatic heterocycles. The maximum atomic E-state index is 12.8. The summed E-state index contributed by atoms with van der Waals surface area (Å²) in [6.07, 6.45) is -1.52. The van der Waals surface area contributed by atoms with Crippen LogP contribution in [0, 0.1) is 0 Å². The summed E-state index contributed by atoms with van der Waals surface area (Å²) in [5, 5.41) is 0. The summed E-state index contributed by atoms with van der Waals surface area (Å²) in [7, 11) is 1.42. The van der Waals surface area contributed by atoms with E-state index in [0.29, 0.717) is 17.9 Å². The highest BCUT2D eigenvalue weighted by Gasteiger charge is 2.30. The normalized spacial score (nSPS) is 12.4. The average Bonchev–Trinajstić information content (AvgIpc) is 3.01. The molecule has 27 heavy (non-hydrogen) atoms. The molecule has 0 bridgehead atoms. The van der Waals surface area contributed by atoms with Gasteiger partial charge in [-0.2, -0.15) is 13.2 Å². The number of aromatic nitrogens is 2. The molecule has 0 aliphatic rings. The smallest absolute Gasteiger partial charge is 0.416 e. The number of nitrogens with one attached hydrogen (secondary N) is 1. The number of nitrogens with zero attached hydrogens (tertiary/aromatic N) is 2. The topological polar surface area (TPSA) is 74.3 Å². The first-order chi connectivity index (χ1) is 12.9. The molecule has 0 atom stereocenters. The Morgan fingerprint density at radius 1 is 1.26 bits per heavy atom. The van der Waals surface area contributed by atoms with Crippen molar-refractivity contribution in [3.05, 3.63) is 66.3 Å². The van der Waals surface area contributed by atoms with Gasteiger partial charge in [-0.15, -0.1) is 0 Å². The van der Waals surface area contributed by atoms with Gasteiger partial charge in [-0.05, 0) is 36.4 Å². The predicted molar refractivity (Wildman–Crippen MR) is 94.4 cm³/mol. The molecule has 0 amide bonds. The van der Waals surface area contributed by atoms with E-state index in [-0.39, 0.29) is 5.75 Å². The Morgan fingerprint density at radius 2 is 2.07 bits per heavy atom. The molecule has 0 spiro atoms. The van der Waals surface area contributed by atoms with Crippen molar-refractivity contribution < 1.29 is 22.7 Å². The molecule has 0 fully saturated rings. The van der Waals surface area contributed by atoms with Crippen molar-refractivity contribution >= 4 is 16.7 Å². The monoisotopic (exact) mass is 378 g/mol. The molecule has 1 aromatic heterocycles. The second-order valence-electron chi connectivity index (χ2n) is 5.71.